The number of rotatable bonds is 4. The number of nitrogens with one attached hydrogen (secondary N) is 1. The molecule has 5 aromatic rings. The number of fused-ring (bicyclic) bond motifs is 8. The van der Waals surface area contributed by atoms with E-state index in [1.807, 2.05) is 25.2 Å². The minimum atomic E-state index is -1.21. The Morgan fingerprint density at radius 3 is 2.71 bits per heavy atom. The minimum Gasteiger partial charge on any atom is -0.481 e. The van der Waals surface area contributed by atoms with Crippen LogP contribution in [-0.2, 0) is 40.9 Å². The summed E-state index contributed by atoms with van der Waals surface area (Å²) in [6, 6.07) is 13.3. The summed E-state index contributed by atoms with van der Waals surface area (Å²) in [6.45, 7) is 8.06. The van der Waals surface area contributed by atoms with Crippen molar-refractivity contribution < 1.29 is 22.9 Å². The van der Waals surface area contributed by atoms with Gasteiger partial charge >= 0.3 is 5.97 Å². The van der Waals surface area contributed by atoms with Crippen molar-refractivity contribution in [2.75, 3.05) is 11.5 Å². The van der Waals surface area contributed by atoms with Crippen LogP contribution < -0.4 is 0 Å². The van der Waals surface area contributed by atoms with Gasteiger partial charge < -0.3 is 10.1 Å². The molecule has 4 heterocycles. The summed E-state index contributed by atoms with van der Waals surface area (Å²) in [7, 11) is 0.604. The molecule has 3 atom stereocenters. The second-order valence-electron chi connectivity index (χ2n) is 14.1. The van der Waals surface area contributed by atoms with E-state index in [9.17, 15) is 14.1 Å². The lowest BCUT2D eigenvalue weighted by atomic mass is 9.75. The first-order valence-corrected chi connectivity index (χ1v) is 18.8. The van der Waals surface area contributed by atoms with Crippen LogP contribution >= 0.6 is 11.8 Å². The number of halogens is 2. The summed E-state index contributed by atoms with van der Waals surface area (Å²) in [6.07, 6.45) is 6.24. The summed E-state index contributed by atoms with van der Waals surface area (Å²) in [5.74, 6) is -1.33. The highest BCUT2D eigenvalue weighted by molar-refractivity contribution is 7.99. The van der Waals surface area contributed by atoms with Gasteiger partial charge in [-0.1, -0.05) is 63.2 Å². The number of carboxylic acids is 1. The molecule has 0 fully saturated rings. The van der Waals surface area contributed by atoms with Gasteiger partial charge in [0.05, 0.1) is 21.7 Å². The van der Waals surface area contributed by atoms with E-state index in [1.165, 1.54) is 0 Å². The summed E-state index contributed by atoms with van der Waals surface area (Å²) < 4.78 is 46.3. The first kappa shape index (κ1) is 34.9. The van der Waals surface area contributed by atoms with Gasteiger partial charge in [0, 0.05) is 52.0 Å². The Hall–Kier alpha value is -3.90. The van der Waals surface area contributed by atoms with E-state index in [4.69, 9.17) is 10.1 Å². The molecular weight excluding hydrogens is 665 g/mol. The molecule has 0 aliphatic carbocycles. The number of aromatic nitrogens is 5. The molecule has 258 valence electrons. The second kappa shape index (κ2) is 13.8. The van der Waals surface area contributed by atoms with E-state index in [0.29, 0.717) is 64.0 Å². The maximum atomic E-state index is 15.8. The molecule has 0 radical (unpaired) electrons. The third-order valence-electron chi connectivity index (χ3n) is 9.58. The molecule has 0 amide bonds. The van der Waals surface area contributed by atoms with Crippen LogP contribution in [0.4, 0.5) is 8.78 Å². The van der Waals surface area contributed by atoms with Crippen molar-refractivity contribution >= 4 is 39.4 Å². The van der Waals surface area contributed by atoms with Gasteiger partial charge in [-0.15, -0.1) is 0 Å². The molecule has 4 bridgehead atoms. The first-order valence-electron chi connectivity index (χ1n) is 16.5. The van der Waals surface area contributed by atoms with E-state index in [-0.39, 0.29) is 15.8 Å². The minimum absolute atomic E-state index is 0.108. The van der Waals surface area contributed by atoms with Crippen molar-refractivity contribution in [1.29, 1.82) is 0 Å². The van der Waals surface area contributed by atoms with Gasteiger partial charge in [-0.3, -0.25) is 14.0 Å². The normalized spacial score (nSPS) is 20.7. The Bertz CT molecular complexity index is 2060. The van der Waals surface area contributed by atoms with Gasteiger partial charge in [0.1, 0.15) is 5.69 Å². The molecule has 8 nitrogen and oxygen atoms in total. The maximum Gasteiger partial charge on any atom is 0.306 e. The van der Waals surface area contributed by atoms with Gasteiger partial charge in [0.25, 0.3) is 0 Å². The summed E-state index contributed by atoms with van der Waals surface area (Å²) in [5.41, 5.74) is 2.29. The van der Waals surface area contributed by atoms with Crippen molar-refractivity contribution in [2.45, 2.75) is 75.0 Å². The number of pyridine rings is 1. The lowest BCUT2D eigenvalue weighted by Gasteiger charge is -2.30. The number of aliphatic carboxylic acids is 1. The van der Waals surface area contributed by atoms with Crippen LogP contribution in [0.1, 0.15) is 69.5 Å². The molecule has 6 rings (SSSR count). The van der Waals surface area contributed by atoms with E-state index in [2.05, 4.69) is 36.8 Å². The standard InChI is InChI=1S/C37H41F2N5O3S2/c1-22(34(45)46)18-23-8-6-9-24(19-23)37(4)14-7-13-36(2,3)21-49(47)17-12-27-26-11-16-41-31(26)29(38)30(39)32(27)48-25-10-15-40-28(20-25)33-42-35(37)43-44(33)5/h6,8-11,15-16,19-20,22,41H,7,12-14,17-18,21H2,1-5H3,(H,45,46). The Balaban J connectivity index is 1.47. The SMILES string of the molecule is CC(Cc1cccc(C2(C)CCCC(C)(C)CS(=O)CCc3c(c(F)c(F)c4[nH]ccc34)Sc3ccnc(c3)-c3nc2nn3C)c1)C(=O)O. The summed E-state index contributed by atoms with van der Waals surface area (Å²) in [5, 5.41) is 15.0. The van der Waals surface area contributed by atoms with Crippen LogP contribution in [0.15, 0.2) is 64.6 Å². The van der Waals surface area contributed by atoms with E-state index < -0.39 is 39.7 Å². The molecule has 2 aromatic carbocycles. The summed E-state index contributed by atoms with van der Waals surface area (Å²) in [4.78, 5) is 24.9. The summed E-state index contributed by atoms with van der Waals surface area (Å²) >= 11 is 1.12. The third kappa shape index (κ3) is 7.21. The molecule has 12 heteroatoms. The molecular formula is C37H41F2N5O3S2. The molecule has 3 unspecified atom stereocenters. The van der Waals surface area contributed by atoms with Crippen LogP contribution in [-0.4, -0.2) is 51.5 Å². The monoisotopic (exact) mass is 705 g/mol. The quantitative estimate of drug-likeness (QED) is 0.196. The van der Waals surface area contributed by atoms with Crippen molar-refractivity contribution in [2.24, 2.45) is 18.4 Å². The largest absolute Gasteiger partial charge is 0.481 e. The lowest BCUT2D eigenvalue weighted by molar-refractivity contribution is -0.141. The molecule has 1 aliphatic heterocycles. The molecule has 0 saturated heterocycles. The first-order chi connectivity index (χ1) is 23.3. The number of nitrogens with zero attached hydrogens (tertiary/aromatic N) is 4. The predicted octanol–water partition coefficient (Wildman–Crippen LogP) is 7.86. The highest BCUT2D eigenvalue weighted by atomic mass is 32.2. The zero-order chi connectivity index (χ0) is 35.1. The van der Waals surface area contributed by atoms with Gasteiger partial charge in [-0.25, -0.2) is 18.4 Å². The Labute approximate surface area is 291 Å². The number of hydrogen-bond donors (Lipinski definition) is 2. The van der Waals surface area contributed by atoms with E-state index in [0.717, 1.165) is 35.7 Å². The number of hydrogen-bond acceptors (Lipinski definition) is 6. The van der Waals surface area contributed by atoms with Crippen molar-refractivity contribution in [3.05, 3.63) is 89.0 Å². The van der Waals surface area contributed by atoms with Crippen LogP contribution in [0.2, 0.25) is 0 Å². The zero-order valence-electron chi connectivity index (χ0n) is 28.3. The molecule has 3 aromatic heterocycles. The highest BCUT2D eigenvalue weighted by Crippen LogP contribution is 2.41. The van der Waals surface area contributed by atoms with Crippen LogP contribution in [0, 0.1) is 23.0 Å². The molecule has 49 heavy (non-hydrogen) atoms. The maximum absolute atomic E-state index is 15.8. The predicted molar refractivity (Wildman–Crippen MR) is 189 cm³/mol. The fourth-order valence-corrected chi connectivity index (χ4v) is 9.40. The Morgan fingerprint density at radius 1 is 1.14 bits per heavy atom. The topological polar surface area (TPSA) is 114 Å². The molecule has 1 aliphatic rings. The molecule has 0 saturated carbocycles. The number of carboxylic acid groups (broad SMARTS) is 1. The lowest BCUT2D eigenvalue weighted by Crippen LogP contribution is -2.28. The van der Waals surface area contributed by atoms with Crippen LogP contribution in [0.5, 0.6) is 0 Å². The van der Waals surface area contributed by atoms with Crippen LogP contribution in [0.3, 0.4) is 0 Å². The zero-order valence-corrected chi connectivity index (χ0v) is 30.0. The van der Waals surface area contributed by atoms with Gasteiger partial charge in [0.15, 0.2) is 23.3 Å². The third-order valence-corrected chi connectivity index (χ3v) is 12.5. The number of aryl methyl sites for hydroxylation is 2. The highest BCUT2D eigenvalue weighted by Gasteiger charge is 2.35. The number of carbonyl (C=O) groups is 1. The van der Waals surface area contributed by atoms with Gasteiger partial charge in [-0.05, 0) is 72.9 Å². The Morgan fingerprint density at radius 2 is 1.94 bits per heavy atom. The molecule has 2 N–H and O–H groups in total. The van der Waals surface area contributed by atoms with Crippen LogP contribution in [0.25, 0.3) is 22.4 Å². The van der Waals surface area contributed by atoms with Crippen molar-refractivity contribution in [3.8, 4) is 11.5 Å². The average molecular weight is 706 g/mol. The Kier molecular flexibility index (Phi) is 9.83. The average Bonchev–Trinajstić information content (AvgIpc) is 3.70. The van der Waals surface area contributed by atoms with Gasteiger partial charge in [-0.2, -0.15) is 5.10 Å². The fraction of sp³-hybridized carbons (Fsp3) is 0.405. The van der Waals surface area contributed by atoms with Gasteiger partial charge in [0.2, 0.25) is 0 Å². The van der Waals surface area contributed by atoms with Crippen molar-refractivity contribution in [1.82, 2.24) is 24.7 Å². The number of aromatic amines is 1. The fourth-order valence-electron chi connectivity index (χ4n) is 6.76. The number of benzene rings is 2. The second-order valence-corrected chi connectivity index (χ2v) is 16.8. The molecule has 0 spiro atoms. The van der Waals surface area contributed by atoms with E-state index in [1.54, 1.807) is 42.2 Å². The van der Waals surface area contributed by atoms with E-state index >= 15 is 8.78 Å². The van der Waals surface area contributed by atoms with Crippen molar-refractivity contribution in [3.63, 3.8) is 0 Å². The smallest absolute Gasteiger partial charge is 0.306 e. The number of H-pyrrole nitrogens is 1.